The fraction of sp³-hybridized carbons (Fsp3) is 0.444. The summed E-state index contributed by atoms with van der Waals surface area (Å²) in [6.45, 7) is 1.81. The van der Waals surface area contributed by atoms with Gasteiger partial charge in [-0.15, -0.1) is 13.2 Å². The van der Waals surface area contributed by atoms with Crippen molar-refractivity contribution in [3.05, 3.63) is 60.3 Å². The Hall–Kier alpha value is -2.96. The number of hydrogen-bond acceptors (Lipinski definition) is 3. The first-order valence-corrected chi connectivity index (χ1v) is 12.0. The number of alkyl halides is 3. The fourth-order valence-corrected chi connectivity index (χ4v) is 4.85. The number of para-hydroxylation sites is 1. The third-order valence-corrected chi connectivity index (χ3v) is 6.63. The van der Waals surface area contributed by atoms with Crippen molar-refractivity contribution >= 4 is 16.6 Å². The van der Waals surface area contributed by atoms with Gasteiger partial charge in [0.05, 0.1) is 17.4 Å². The van der Waals surface area contributed by atoms with Crippen molar-refractivity contribution in [3.63, 3.8) is 0 Å². The SMILES string of the molecule is [O]c1cnc2ccccc2c1N1CCC(CCCCCCc2ccc(OC(F)(F)F)cc2)CC1. The number of fused-ring (bicyclic) bond motifs is 1. The molecule has 2 aromatic carbocycles. The molecule has 0 saturated carbocycles. The molecule has 34 heavy (non-hydrogen) atoms. The topological polar surface area (TPSA) is 45.3 Å². The van der Waals surface area contributed by atoms with E-state index in [0.717, 1.165) is 73.8 Å². The van der Waals surface area contributed by atoms with Gasteiger partial charge in [-0.05, 0) is 55.4 Å². The van der Waals surface area contributed by atoms with E-state index in [1.165, 1.54) is 31.2 Å². The number of piperidine rings is 1. The lowest BCUT2D eigenvalue weighted by atomic mass is 9.90. The van der Waals surface area contributed by atoms with E-state index in [9.17, 15) is 18.3 Å². The van der Waals surface area contributed by atoms with Crippen LogP contribution in [-0.4, -0.2) is 24.4 Å². The lowest BCUT2D eigenvalue weighted by Crippen LogP contribution is -2.33. The quantitative estimate of drug-likeness (QED) is 0.301. The predicted molar refractivity (Wildman–Crippen MR) is 127 cm³/mol. The Morgan fingerprint density at radius 2 is 1.65 bits per heavy atom. The normalized spacial score (nSPS) is 15.1. The van der Waals surface area contributed by atoms with Gasteiger partial charge in [-0.2, -0.15) is 0 Å². The van der Waals surface area contributed by atoms with Gasteiger partial charge < -0.3 is 9.64 Å². The Kier molecular flexibility index (Phi) is 7.80. The molecule has 0 atom stereocenters. The Balaban J connectivity index is 1.14. The second kappa shape index (κ2) is 11.0. The van der Waals surface area contributed by atoms with Gasteiger partial charge in [0.1, 0.15) is 5.75 Å². The Morgan fingerprint density at radius 3 is 2.38 bits per heavy atom. The zero-order valence-corrected chi connectivity index (χ0v) is 19.2. The molecule has 0 N–H and O–H groups in total. The zero-order chi connectivity index (χ0) is 24.0. The summed E-state index contributed by atoms with van der Waals surface area (Å²) in [6.07, 6.45) is 5.55. The highest BCUT2D eigenvalue weighted by Gasteiger charge is 2.31. The van der Waals surface area contributed by atoms with Crippen LogP contribution < -0.4 is 9.64 Å². The monoisotopic (exact) mass is 471 g/mol. The van der Waals surface area contributed by atoms with Crippen LogP contribution in [0.4, 0.5) is 18.9 Å². The van der Waals surface area contributed by atoms with E-state index in [4.69, 9.17) is 0 Å². The van der Waals surface area contributed by atoms with Gasteiger partial charge in [0.25, 0.3) is 0 Å². The zero-order valence-electron chi connectivity index (χ0n) is 19.2. The summed E-state index contributed by atoms with van der Waals surface area (Å²) < 4.78 is 40.6. The molecular formula is C27H30F3N2O2. The van der Waals surface area contributed by atoms with E-state index < -0.39 is 6.36 Å². The molecule has 4 nitrogen and oxygen atoms in total. The largest absolute Gasteiger partial charge is 0.573 e. The summed E-state index contributed by atoms with van der Waals surface area (Å²) in [5.41, 5.74) is 2.69. The molecule has 2 heterocycles. The summed E-state index contributed by atoms with van der Waals surface area (Å²) in [4.78, 5) is 6.50. The van der Waals surface area contributed by atoms with Crippen molar-refractivity contribution < 1.29 is 23.0 Å². The first-order chi connectivity index (χ1) is 16.4. The first kappa shape index (κ1) is 24.2. The molecular weight excluding hydrogens is 441 g/mol. The minimum absolute atomic E-state index is 0.000308. The van der Waals surface area contributed by atoms with Crippen LogP contribution in [0.15, 0.2) is 54.7 Å². The number of aryl methyl sites for hydroxylation is 1. The first-order valence-electron chi connectivity index (χ1n) is 12.0. The van der Waals surface area contributed by atoms with Crippen LogP contribution in [0.3, 0.4) is 0 Å². The van der Waals surface area contributed by atoms with Crippen molar-refractivity contribution in [3.8, 4) is 11.5 Å². The maximum atomic E-state index is 12.5. The molecule has 4 rings (SSSR count). The van der Waals surface area contributed by atoms with Gasteiger partial charge in [0.2, 0.25) is 5.75 Å². The van der Waals surface area contributed by atoms with Crippen LogP contribution in [0, 0.1) is 5.92 Å². The van der Waals surface area contributed by atoms with E-state index in [2.05, 4.69) is 14.6 Å². The average Bonchev–Trinajstić information content (AvgIpc) is 2.82. The number of hydrogen-bond donors (Lipinski definition) is 0. The number of nitrogens with zero attached hydrogens (tertiary/aromatic N) is 2. The van der Waals surface area contributed by atoms with E-state index in [-0.39, 0.29) is 11.5 Å². The smallest absolute Gasteiger partial charge is 0.406 e. The average molecular weight is 472 g/mol. The Bertz CT molecular complexity index is 1060. The van der Waals surface area contributed by atoms with Crippen molar-refractivity contribution in [2.75, 3.05) is 18.0 Å². The minimum Gasteiger partial charge on any atom is -0.406 e. The minimum atomic E-state index is -4.65. The number of rotatable bonds is 9. The third-order valence-electron chi connectivity index (χ3n) is 6.63. The molecule has 0 amide bonds. The second-order valence-electron chi connectivity index (χ2n) is 9.06. The van der Waals surface area contributed by atoms with Crippen molar-refractivity contribution in [2.24, 2.45) is 5.92 Å². The molecule has 1 fully saturated rings. The number of halogens is 3. The fourth-order valence-electron chi connectivity index (χ4n) is 4.85. The summed E-state index contributed by atoms with van der Waals surface area (Å²) in [5, 5.41) is 13.4. The Labute approximate surface area is 198 Å². The highest BCUT2D eigenvalue weighted by Crippen LogP contribution is 2.37. The number of aromatic nitrogens is 1. The number of ether oxygens (including phenoxy) is 1. The number of pyridine rings is 1. The summed E-state index contributed by atoms with van der Waals surface area (Å²) in [6, 6.07) is 14.0. The van der Waals surface area contributed by atoms with Crippen LogP contribution in [0.2, 0.25) is 0 Å². The highest BCUT2D eigenvalue weighted by molar-refractivity contribution is 5.94. The van der Waals surface area contributed by atoms with Crippen LogP contribution >= 0.6 is 0 Å². The summed E-state index contributed by atoms with van der Waals surface area (Å²) in [7, 11) is 0. The number of anilines is 1. The van der Waals surface area contributed by atoms with Gasteiger partial charge in [-0.3, -0.25) is 10.1 Å². The third kappa shape index (κ3) is 6.55. The second-order valence-corrected chi connectivity index (χ2v) is 9.06. The molecule has 1 aromatic heterocycles. The highest BCUT2D eigenvalue weighted by atomic mass is 19.4. The van der Waals surface area contributed by atoms with Crippen LogP contribution in [0.25, 0.3) is 10.9 Å². The van der Waals surface area contributed by atoms with Gasteiger partial charge >= 0.3 is 6.36 Å². The molecule has 0 bridgehead atoms. The van der Waals surface area contributed by atoms with Crippen LogP contribution in [-0.2, 0) is 11.5 Å². The van der Waals surface area contributed by atoms with Crippen LogP contribution in [0.5, 0.6) is 11.5 Å². The number of unbranched alkanes of at least 4 members (excludes halogenated alkanes) is 3. The lowest BCUT2D eigenvalue weighted by Gasteiger charge is -2.34. The van der Waals surface area contributed by atoms with Crippen molar-refractivity contribution in [2.45, 2.75) is 57.7 Å². The molecule has 1 radical (unpaired) electrons. The molecule has 1 aliphatic heterocycles. The molecule has 3 aromatic rings. The maximum absolute atomic E-state index is 12.5. The van der Waals surface area contributed by atoms with E-state index >= 15 is 0 Å². The summed E-state index contributed by atoms with van der Waals surface area (Å²) >= 11 is 0. The maximum Gasteiger partial charge on any atom is 0.573 e. The Morgan fingerprint density at radius 1 is 0.941 bits per heavy atom. The van der Waals surface area contributed by atoms with Gasteiger partial charge in [0, 0.05) is 18.5 Å². The van der Waals surface area contributed by atoms with E-state index in [1.807, 2.05) is 24.3 Å². The lowest BCUT2D eigenvalue weighted by molar-refractivity contribution is -0.274. The van der Waals surface area contributed by atoms with Crippen molar-refractivity contribution in [1.82, 2.24) is 4.98 Å². The molecule has 181 valence electrons. The standard InChI is InChI=1S/C27H30F3N2O2/c28-27(29,30)34-22-13-11-20(12-14-22)7-3-1-2-4-8-21-15-17-32(18-16-21)26-23-9-5-6-10-24(23)31-19-25(26)33/h5-6,9-14,19,21H,1-4,7-8,15-18H2. The molecule has 0 aliphatic carbocycles. The van der Waals surface area contributed by atoms with Gasteiger partial charge in [-0.1, -0.05) is 56.0 Å². The van der Waals surface area contributed by atoms with E-state index in [0.29, 0.717) is 5.92 Å². The molecule has 0 spiro atoms. The molecule has 7 heteroatoms. The van der Waals surface area contributed by atoms with E-state index in [1.54, 1.807) is 12.1 Å². The molecule has 1 saturated heterocycles. The number of benzene rings is 2. The van der Waals surface area contributed by atoms with Gasteiger partial charge in [-0.25, -0.2) is 0 Å². The van der Waals surface area contributed by atoms with Crippen LogP contribution in [0.1, 0.15) is 50.5 Å². The molecule has 0 unspecified atom stereocenters. The predicted octanol–water partition coefficient (Wildman–Crippen LogP) is 7.69. The van der Waals surface area contributed by atoms with Gasteiger partial charge in [0.15, 0.2) is 0 Å². The van der Waals surface area contributed by atoms with Crippen molar-refractivity contribution in [1.29, 1.82) is 0 Å². The molecule has 1 aliphatic rings. The summed E-state index contributed by atoms with van der Waals surface area (Å²) in [5.74, 6) is 0.520.